The first kappa shape index (κ1) is 31.7. The van der Waals surface area contributed by atoms with Gasteiger partial charge in [0.1, 0.15) is 6.04 Å². The normalized spacial score (nSPS) is 12.8. The minimum atomic E-state index is -0.639. The Morgan fingerprint density at radius 2 is 1.06 bits per heavy atom. The van der Waals surface area contributed by atoms with Crippen molar-refractivity contribution in [3.05, 3.63) is 0 Å². The number of unbranched alkanes of at least 4 members (excludes halogenated alkanes) is 15. The topological polar surface area (TPSA) is 64.6 Å². The van der Waals surface area contributed by atoms with E-state index in [0.29, 0.717) is 13.2 Å². The Hall–Kier alpha value is -1.26. The molecule has 0 saturated heterocycles. The van der Waals surface area contributed by atoms with E-state index >= 15 is 0 Å². The summed E-state index contributed by atoms with van der Waals surface area (Å²) in [6.45, 7) is 8.94. The Labute approximate surface area is 205 Å². The zero-order valence-corrected chi connectivity index (χ0v) is 22.4. The van der Waals surface area contributed by atoms with E-state index in [2.05, 4.69) is 12.2 Å². The molecule has 0 aromatic carbocycles. The van der Waals surface area contributed by atoms with Crippen molar-refractivity contribution in [1.82, 2.24) is 5.32 Å². The largest absolute Gasteiger partial charge is 0.464 e. The number of ether oxygens (including phenoxy) is 2. The van der Waals surface area contributed by atoms with Crippen LogP contribution in [-0.4, -0.2) is 31.3 Å². The molecule has 0 aromatic rings. The van der Waals surface area contributed by atoms with Crippen molar-refractivity contribution in [3.8, 4) is 0 Å². The smallest absolute Gasteiger partial charge is 0.407 e. The molecular formula is C28H55NO4. The van der Waals surface area contributed by atoms with Crippen molar-refractivity contribution in [2.75, 3.05) is 13.2 Å². The molecular weight excluding hydrogens is 414 g/mol. The van der Waals surface area contributed by atoms with E-state index < -0.39 is 12.1 Å². The molecule has 33 heavy (non-hydrogen) atoms. The molecule has 1 amide bonds. The fraction of sp³-hybridized carbons (Fsp3) is 0.929. The summed E-state index contributed by atoms with van der Waals surface area (Å²) < 4.78 is 10.5. The molecule has 0 fully saturated rings. The van der Waals surface area contributed by atoms with Crippen LogP contribution in [0.5, 0.6) is 0 Å². The van der Waals surface area contributed by atoms with Crippen LogP contribution in [-0.2, 0) is 14.3 Å². The monoisotopic (exact) mass is 469 g/mol. The second-order valence-electron chi connectivity index (χ2n) is 9.61. The highest BCUT2D eigenvalue weighted by atomic mass is 16.6. The van der Waals surface area contributed by atoms with E-state index in [0.717, 1.165) is 25.7 Å². The number of hydrogen-bond acceptors (Lipinski definition) is 4. The number of hydrogen-bond donors (Lipinski definition) is 1. The average Bonchev–Trinajstić information content (AvgIpc) is 2.82. The first-order valence-electron chi connectivity index (χ1n) is 14.2. The SMILES string of the molecule is CCCCCCCCCCCCCCCCCCOC(=O)C(NC(=O)OCCC)C(C)CC. The van der Waals surface area contributed by atoms with Gasteiger partial charge in [-0.2, -0.15) is 0 Å². The lowest BCUT2D eigenvalue weighted by Crippen LogP contribution is -2.46. The van der Waals surface area contributed by atoms with Gasteiger partial charge < -0.3 is 14.8 Å². The van der Waals surface area contributed by atoms with Crippen LogP contribution in [0.1, 0.15) is 143 Å². The van der Waals surface area contributed by atoms with E-state index in [9.17, 15) is 9.59 Å². The number of carbonyl (C=O) groups is 2. The van der Waals surface area contributed by atoms with Crippen LogP contribution >= 0.6 is 0 Å². The van der Waals surface area contributed by atoms with Crippen LogP contribution in [0.4, 0.5) is 4.79 Å². The third-order valence-electron chi connectivity index (χ3n) is 6.42. The Kier molecular flexibility index (Phi) is 23.0. The maximum absolute atomic E-state index is 12.4. The molecule has 1 N–H and O–H groups in total. The van der Waals surface area contributed by atoms with Gasteiger partial charge in [0.25, 0.3) is 0 Å². The Morgan fingerprint density at radius 3 is 1.48 bits per heavy atom. The summed E-state index contributed by atoms with van der Waals surface area (Å²) in [5.41, 5.74) is 0. The molecule has 0 heterocycles. The second kappa shape index (κ2) is 23.9. The molecule has 0 aliphatic rings. The first-order valence-corrected chi connectivity index (χ1v) is 14.2. The standard InChI is InChI=1S/C28H55NO4/c1-5-8-9-10-11-12-13-14-15-16-17-18-19-20-21-22-24-32-27(30)26(25(4)7-3)29-28(31)33-23-6-2/h25-26H,5-24H2,1-4H3,(H,29,31). The van der Waals surface area contributed by atoms with Gasteiger partial charge in [0.15, 0.2) is 0 Å². The van der Waals surface area contributed by atoms with Gasteiger partial charge in [-0.25, -0.2) is 9.59 Å². The van der Waals surface area contributed by atoms with Gasteiger partial charge in [-0.1, -0.05) is 130 Å². The predicted molar refractivity (Wildman–Crippen MR) is 139 cm³/mol. The van der Waals surface area contributed by atoms with Crippen LogP contribution < -0.4 is 5.32 Å². The lowest BCUT2D eigenvalue weighted by molar-refractivity contribution is -0.147. The maximum atomic E-state index is 12.4. The molecule has 0 aliphatic heterocycles. The molecule has 0 aliphatic carbocycles. The number of esters is 1. The van der Waals surface area contributed by atoms with Crippen molar-refractivity contribution in [1.29, 1.82) is 0 Å². The van der Waals surface area contributed by atoms with E-state index in [1.54, 1.807) is 0 Å². The van der Waals surface area contributed by atoms with E-state index in [1.165, 1.54) is 89.9 Å². The van der Waals surface area contributed by atoms with Gasteiger partial charge >= 0.3 is 12.1 Å². The molecule has 5 nitrogen and oxygen atoms in total. The minimum Gasteiger partial charge on any atom is -0.464 e. The third-order valence-corrected chi connectivity index (χ3v) is 6.42. The quantitative estimate of drug-likeness (QED) is 0.121. The van der Waals surface area contributed by atoms with Crippen LogP contribution in [0.2, 0.25) is 0 Å². The molecule has 196 valence electrons. The Morgan fingerprint density at radius 1 is 0.606 bits per heavy atom. The van der Waals surface area contributed by atoms with Gasteiger partial charge in [0, 0.05) is 0 Å². The Bertz CT molecular complexity index is 455. The van der Waals surface area contributed by atoms with Gasteiger partial charge in [0.2, 0.25) is 0 Å². The average molecular weight is 470 g/mol. The van der Waals surface area contributed by atoms with Gasteiger partial charge in [0.05, 0.1) is 13.2 Å². The summed E-state index contributed by atoms with van der Waals surface area (Å²) in [7, 11) is 0. The molecule has 0 rings (SSSR count). The number of rotatable bonds is 23. The third kappa shape index (κ3) is 19.9. The number of carbonyl (C=O) groups excluding carboxylic acids is 2. The number of nitrogens with one attached hydrogen (secondary N) is 1. The van der Waals surface area contributed by atoms with Crippen LogP contribution in [0.3, 0.4) is 0 Å². The maximum Gasteiger partial charge on any atom is 0.407 e. The molecule has 0 spiro atoms. The minimum absolute atomic E-state index is 0.0115. The molecule has 0 saturated carbocycles. The molecule has 2 unspecified atom stereocenters. The van der Waals surface area contributed by atoms with E-state index in [4.69, 9.17) is 9.47 Å². The lowest BCUT2D eigenvalue weighted by Gasteiger charge is -2.22. The van der Waals surface area contributed by atoms with Crippen molar-refractivity contribution < 1.29 is 19.1 Å². The summed E-state index contributed by atoms with van der Waals surface area (Å²) in [6, 6.07) is -0.639. The zero-order chi connectivity index (χ0) is 24.6. The van der Waals surface area contributed by atoms with Crippen molar-refractivity contribution >= 4 is 12.1 Å². The lowest BCUT2D eigenvalue weighted by atomic mass is 9.99. The summed E-state index contributed by atoms with van der Waals surface area (Å²) in [4.78, 5) is 24.2. The predicted octanol–water partition coefficient (Wildman–Crippen LogP) is 8.34. The molecule has 0 radical (unpaired) electrons. The summed E-state index contributed by atoms with van der Waals surface area (Å²) >= 11 is 0. The Balaban J connectivity index is 3.62. The number of amides is 1. The van der Waals surface area contributed by atoms with Crippen molar-refractivity contribution in [3.63, 3.8) is 0 Å². The van der Waals surface area contributed by atoms with Gasteiger partial charge in [-0.05, 0) is 18.8 Å². The highest BCUT2D eigenvalue weighted by molar-refractivity contribution is 5.81. The highest BCUT2D eigenvalue weighted by Gasteiger charge is 2.27. The van der Waals surface area contributed by atoms with Crippen LogP contribution in [0, 0.1) is 5.92 Å². The summed E-state index contributed by atoms with van der Waals surface area (Å²) in [5, 5.41) is 2.67. The van der Waals surface area contributed by atoms with Gasteiger partial charge in [-0.3, -0.25) is 0 Å². The molecule has 0 bridgehead atoms. The van der Waals surface area contributed by atoms with Crippen LogP contribution in [0.25, 0.3) is 0 Å². The second-order valence-corrected chi connectivity index (χ2v) is 9.61. The molecule has 5 heteroatoms. The van der Waals surface area contributed by atoms with Crippen LogP contribution in [0.15, 0.2) is 0 Å². The fourth-order valence-electron chi connectivity index (χ4n) is 3.95. The van der Waals surface area contributed by atoms with Gasteiger partial charge in [-0.15, -0.1) is 0 Å². The fourth-order valence-corrected chi connectivity index (χ4v) is 3.95. The number of alkyl carbamates (subject to hydrolysis) is 1. The summed E-state index contributed by atoms with van der Waals surface area (Å²) in [6.07, 6.45) is 22.1. The van der Waals surface area contributed by atoms with Crippen molar-refractivity contribution in [2.45, 2.75) is 149 Å². The molecule has 2 atom stereocenters. The van der Waals surface area contributed by atoms with Crippen molar-refractivity contribution in [2.24, 2.45) is 5.92 Å². The summed E-state index contributed by atoms with van der Waals surface area (Å²) in [5.74, 6) is -0.337. The van der Waals surface area contributed by atoms with E-state index in [-0.39, 0.29) is 11.9 Å². The first-order chi connectivity index (χ1) is 16.1. The zero-order valence-electron chi connectivity index (χ0n) is 22.4. The highest BCUT2D eigenvalue weighted by Crippen LogP contribution is 2.14. The molecule has 0 aromatic heterocycles. The van der Waals surface area contributed by atoms with E-state index in [1.807, 2.05) is 20.8 Å².